The Balaban J connectivity index is 2.28. The van der Waals surface area contributed by atoms with E-state index in [1.54, 1.807) is 45.9 Å². The Morgan fingerprint density at radius 3 is 2.50 bits per heavy atom. The molecule has 7 heteroatoms. The van der Waals surface area contributed by atoms with Crippen LogP contribution in [0.4, 0.5) is 10.5 Å². The van der Waals surface area contributed by atoms with E-state index in [9.17, 15) is 14.4 Å². The highest BCUT2D eigenvalue weighted by Crippen LogP contribution is 2.24. The summed E-state index contributed by atoms with van der Waals surface area (Å²) in [5.41, 5.74) is 0.774. The monoisotopic (exact) mass is 387 g/mol. The van der Waals surface area contributed by atoms with Crippen LogP contribution < -0.4 is 16.0 Å². The number of para-hydroxylation sites is 1. The molecule has 1 heterocycles. The van der Waals surface area contributed by atoms with E-state index < -0.39 is 17.7 Å². The topological polar surface area (TPSA) is 96.5 Å². The smallest absolute Gasteiger partial charge is 0.408 e. The minimum absolute atomic E-state index is 0.139. The molecule has 1 aliphatic rings. The van der Waals surface area contributed by atoms with Crippen LogP contribution in [0.25, 0.3) is 0 Å². The maximum Gasteiger partial charge on any atom is 0.408 e. The zero-order valence-electron chi connectivity index (χ0n) is 17.0. The Morgan fingerprint density at radius 1 is 1.14 bits per heavy atom. The molecule has 1 unspecified atom stereocenters. The highest BCUT2D eigenvalue weighted by Gasteiger charge is 2.26. The average molecular weight is 387 g/mol. The molecule has 0 spiro atoms. The predicted molar refractivity (Wildman–Crippen MR) is 108 cm³/mol. The van der Waals surface area contributed by atoms with Crippen LogP contribution in [0.5, 0.6) is 0 Å². The van der Waals surface area contributed by atoms with Crippen LogP contribution in [0.2, 0.25) is 0 Å². The van der Waals surface area contributed by atoms with Gasteiger partial charge >= 0.3 is 6.09 Å². The first kappa shape index (κ1) is 21.5. The van der Waals surface area contributed by atoms with Gasteiger partial charge in [-0.2, -0.15) is 0 Å². The second-order valence-corrected chi connectivity index (χ2v) is 7.96. The van der Waals surface area contributed by atoms with Crippen molar-refractivity contribution in [3.8, 4) is 0 Å². The Labute approximate surface area is 165 Å². The third-order valence-electron chi connectivity index (χ3n) is 4.26. The average Bonchev–Trinajstić information content (AvgIpc) is 2.58. The number of benzene rings is 1. The van der Waals surface area contributed by atoms with Crippen molar-refractivity contribution in [2.24, 2.45) is 5.92 Å². The van der Waals surface area contributed by atoms with Crippen molar-refractivity contribution in [1.82, 2.24) is 10.6 Å². The number of rotatable bonds is 1. The molecule has 0 fully saturated rings. The standard InChI is InChI=1S/C21H29N3O4/c1-13-9-8-12-17(24-20(27)28-21(3,4)5)19(26)22-14(2)15-10-6-7-11-16(15)23-18(13)25/h6-11,13-14,17H,12H2,1-5H3,(H,22,26)(H,23,25)(H,24,27)/b9-8+/t13-,14?,17+/m1/s1. The molecule has 0 radical (unpaired) electrons. The first-order valence-electron chi connectivity index (χ1n) is 9.43. The third-order valence-corrected chi connectivity index (χ3v) is 4.26. The van der Waals surface area contributed by atoms with E-state index in [2.05, 4.69) is 16.0 Å². The van der Waals surface area contributed by atoms with Gasteiger partial charge in [0, 0.05) is 5.69 Å². The van der Waals surface area contributed by atoms with Crippen LogP contribution in [0.1, 0.15) is 52.6 Å². The molecule has 28 heavy (non-hydrogen) atoms. The van der Waals surface area contributed by atoms with E-state index in [1.165, 1.54) is 0 Å². The second kappa shape index (κ2) is 8.91. The number of hydrogen-bond donors (Lipinski definition) is 3. The molecular formula is C21H29N3O4. The van der Waals surface area contributed by atoms with Gasteiger partial charge in [0.2, 0.25) is 11.8 Å². The van der Waals surface area contributed by atoms with Crippen molar-refractivity contribution in [1.29, 1.82) is 0 Å². The van der Waals surface area contributed by atoms with E-state index in [0.717, 1.165) is 5.56 Å². The Bertz CT molecular complexity index is 767. The zero-order chi connectivity index (χ0) is 20.9. The molecule has 3 atom stereocenters. The predicted octanol–water partition coefficient (Wildman–Crippen LogP) is 3.29. The lowest BCUT2D eigenvalue weighted by Gasteiger charge is -2.25. The lowest BCUT2D eigenvalue weighted by Crippen LogP contribution is -2.48. The normalized spacial score (nSPS) is 24.5. The second-order valence-electron chi connectivity index (χ2n) is 7.96. The van der Waals surface area contributed by atoms with Gasteiger partial charge in [0.1, 0.15) is 11.6 Å². The fourth-order valence-electron chi connectivity index (χ4n) is 2.81. The molecule has 3 amide bonds. The minimum atomic E-state index is -0.810. The Morgan fingerprint density at radius 2 is 1.82 bits per heavy atom. The fraction of sp³-hybridized carbons (Fsp3) is 0.476. The van der Waals surface area contributed by atoms with Gasteiger partial charge < -0.3 is 20.7 Å². The van der Waals surface area contributed by atoms with Gasteiger partial charge in [0.25, 0.3) is 0 Å². The molecule has 0 aromatic heterocycles. The van der Waals surface area contributed by atoms with Gasteiger partial charge in [-0.1, -0.05) is 37.3 Å². The Kier molecular flexibility index (Phi) is 6.83. The van der Waals surface area contributed by atoms with E-state index in [1.807, 2.05) is 25.1 Å². The highest BCUT2D eigenvalue weighted by atomic mass is 16.6. The maximum absolute atomic E-state index is 12.8. The number of ether oxygens (including phenoxy) is 1. The van der Waals surface area contributed by atoms with Crippen LogP contribution >= 0.6 is 0 Å². The number of amides is 3. The largest absolute Gasteiger partial charge is 0.444 e. The molecule has 1 aliphatic heterocycles. The third kappa shape index (κ3) is 6.11. The van der Waals surface area contributed by atoms with Crippen molar-refractivity contribution in [2.75, 3.05) is 5.32 Å². The molecule has 0 saturated heterocycles. The van der Waals surface area contributed by atoms with Crippen molar-refractivity contribution in [3.63, 3.8) is 0 Å². The molecular weight excluding hydrogens is 358 g/mol. The molecule has 3 N–H and O–H groups in total. The first-order chi connectivity index (χ1) is 13.1. The lowest BCUT2D eigenvalue weighted by atomic mass is 10.0. The number of hydrogen-bond acceptors (Lipinski definition) is 4. The van der Waals surface area contributed by atoms with Crippen LogP contribution in [0, 0.1) is 5.92 Å². The Hall–Kier alpha value is -2.83. The number of anilines is 1. The highest BCUT2D eigenvalue weighted by molar-refractivity contribution is 5.94. The summed E-state index contributed by atoms with van der Waals surface area (Å²) in [6.07, 6.45) is 3.04. The number of carbonyl (C=O) groups excluding carboxylic acids is 3. The number of nitrogens with one attached hydrogen (secondary N) is 3. The molecule has 0 bridgehead atoms. The van der Waals surface area contributed by atoms with Gasteiger partial charge in [-0.05, 0) is 45.7 Å². The summed E-state index contributed by atoms with van der Waals surface area (Å²) in [5.74, 6) is -0.843. The van der Waals surface area contributed by atoms with Gasteiger partial charge in [-0.15, -0.1) is 0 Å². The summed E-state index contributed by atoms with van der Waals surface area (Å²) >= 11 is 0. The van der Waals surface area contributed by atoms with Gasteiger partial charge in [-0.25, -0.2) is 4.79 Å². The quantitative estimate of drug-likeness (QED) is 0.644. The van der Waals surface area contributed by atoms with E-state index >= 15 is 0 Å². The molecule has 152 valence electrons. The lowest BCUT2D eigenvalue weighted by molar-refractivity contribution is -0.123. The number of carbonyl (C=O) groups is 3. The molecule has 0 saturated carbocycles. The number of fused-ring (bicyclic) bond motifs is 1. The van der Waals surface area contributed by atoms with Crippen molar-refractivity contribution < 1.29 is 19.1 Å². The van der Waals surface area contributed by atoms with Crippen molar-refractivity contribution in [2.45, 2.75) is 58.7 Å². The maximum atomic E-state index is 12.8. The zero-order valence-corrected chi connectivity index (χ0v) is 17.0. The van der Waals surface area contributed by atoms with Crippen LogP contribution in [-0.2, 0) is 14.3 Å². The summed E-state index contributed by atoms with van der Waals surface area (Å²) in [4.78, 5) is 37.4. The van der Waals surface area contributed by atoms with E-state index in [4.69, 9.17) is 4.74 Å². The summed E-state index contributed by atoms with van der Waals surface area (Å²) in [6, 6.07) is 6.16. The molecule has 2 rings (SSSR count). The minimum Gasteiger partial charge on any atom is -0.444 e. The van der Waals surface area contributed by atoms with Gasteiger partial charge in [0.15, 0.2) is 0 Å². The summed E-state index contributed by atoms with van der Waals surface area (Å²) in [7, 11) is 0. The fourth-order valence-corrected chi connectivity index (χ4v) is 2.81. The molecule has 1 aromatic carbocycles. The van der Waals surface area contributed by atoms with Crippen LogP contribution in [0.3, 0.4) is 0 Å². The van der Waals surface area contributed by atoms with Crippen LogP contribution in [-0.4, -0.2) is 29.6 Å². The summed E-state index contributed by atoms with van der Waals surface area (Å²) in [6.45, 7) is 8.88. The summed E-state index contributed by atoms with van der Waals surface area (Å²) in [5, 5.41) is 8.44. The van der Waals surface area contributed by atoms with Crippen LogP contribution in [0.15, 0.2) is 36.4 Å². The molecule has 1 aromatic rings. The van der Waals surface area contributed by atoms with Gasteiger partial charge in [0.05, 0.1) is 12.0 Å². The SMILES string of the molecule is CC1NC(=O)[C@@H](NC(=O)OC(C)(C)C)C/C=C/[C@@H](C)C(=O)Nc2ccccc21. The van der Waals surface area contributed by atoms with E-state index in [-0.39, 0.29) is 30.2 Å². The van der Waals surface area contributed by atoms with Crippen molar-refractivity contribution >= 4 is 23.6 Å². The summed E-state index contributed by atoms with van der Waals surface area (Å²) < 4.78 is 5.26. The first-order valence-corrected chi connectivity index (χ1v) is 9.43. The molecule has 7 nitrogen and oxygen atoms in total. The van der Waals surface area contributed by atoms with Crippen molar-refractivity contribution in [3.05, 3.63) is 42.0 Å². The van der Waals surface area contributed by atoms with E-state index in [0.29, 0.717) is 5.69 Å². The number of alkyl carbamates (subject to hydrolysis) is 1. The van der Waals surface area contributed by atoms with Gasteiger partial charge in [-0.3, -0.25) is 9.59 Å². The molecule has 0 aliphatic carbocycles.